The summed E-state index contributed by atoms with van der Waals surface area (Å²) in [5.41, 5.74) is 1.53. The van der Waals surface area contributed by atoms with Crippen LogP contribution in [0.15, 0.2) is 60.8 Å². The topological polar surface area (TPSA) is 68.5 Å². The van der Waals surface area contributed by atoms with Crippen molar-refractivity contribution >= 4 is 22.3 Å². The van der Waals surface area contributed by atoms with Crippen molar-refractivity contribution < 1.29 is 9.66 Å². The average Bonchev–Trinajstić information content (AvgIpc) is 2.61. The summed E-state index contributed by atoms with van der Waals surface area (Å²) in [6.45, 7) is 1.14. The normalized spacial score (nSPS) is 10.5. The van der Waals surface area contributed by atoms with E-state index in [0.717, 1.165) is 11.4 Å². The molecule has 0 unspecified atom stereocenters. The number of nitro benzene ring substituents is 1. The maximum Gasteiger partial charge on any atom is 0.278 e. The minimum atomic E-state index is -0.383. The van der Waals surface area contributed by atoms with Gasteiger partial charge < -0.3 is 9.64 Å². The van der Waals surface area contributed by atoms with Crippen molar-refractivity contribution in [2.24, 2.45) is 0 Å². The minimum Gasteiger partial charge on any atom is -0.492 e. The zero-order valence-electron chi connectivity index (χ0n) is 13.3. The molecule has 0 radical (unpaired) electrons. The van der Waals surface area contributed by atoms with Gasteiger partial charge in [-0.3, -0.25) is 15.1 Å². The number of benzene rings is 2. The summed E-state index contributed by atoms with van der Waals surface area (Å²) in [6, 6.07) is 16.3. The molecule has 0 aliphatic rings. The Hall–Kier alpha value is -3.15. The fourth-order valence-corrected chi connectivity index (χ4v) is 2.55. The summed E-state index contributed by atoms with van der Waals surface area (Å²) in [5.74, 6) is 0.817. The van der Waals surface area contributed by atoms with Crippen LogP contribution < -0.4 is 9.64 Å². The van der Waals surface area contributed by atoms with Crippen LogP contribution in [0.4, 0.5) is 11.4 Å². The van der Waals surface area contributed by atoms with Gasteiger partial charge in [0.1, 0.15) is 17.9 Å². The smallest absolute Gasteiger partial charge is 0.278 e. The third-order valence-corrected chi connectivity index (χ3v) is 3.77. The van der Waals surface area contributed by atoms with Crippen LogP contribution in [0.1, 0.15) is 0 Å². The van der Waals surface area contributed by atoms with Gasteiger partial charge in [-0.1, -0.05) is 18.2 Å². The molecule has 2 aromatic carbocycles. The van der Waals surface area contributed by atoms with Crippen LogP contribution >= 0.6 is 0 Å². The molecule has 122 valence electrons. The van der Waals surface area contributed by atoms with Gasteiger partial charge in [-0.2, -0.15) is 0 Å². The van der Waals surface area contributed by atoms with Crippen molar-refractivity contribution in [1.29, 1.82) is 0 Å². The Labute approximate surface area is 139 Å². The number of pyridine rings is 1. The van der Waals surface area contributed by atoms with E-state index in [1.807, 2.05) is 42.3 Å². The molecule has 1 heterocycles. The SMILES string of the molecule is CN(CCOc1ccccc1)c1ccc([N+](=O)[O-])c2cccnc12. The van der Waals surface area contributed by atoms with E-state index in [4.69, 9.17) is 4.74 Å². The van der Waals surface area contributed by atoms with Crippen molar-refractivity contribution in [2.45, 2.75) is 0 Å². The molecule has 6 heteroatoms. The van der Waals surface area contributed by atoms with E-state index in [1.54, 1.807) is 24.4 Å². The van der Waals surface area contributed by atoms with Crippen molar-refractivity contribution in [3.63, 3.8) is 0 Å². The van der Waals surface area contributed by atoms with Gasteiger partial charge in [0, 0.05) is 19.3 Å². The lowest BCUT2D eigenvalue weighted by atomic mass is 10.1. The second-order valence-electron chi connectivity index (χ2n) is 5.34. The van der Waals surface area contributed by atoms with E-state index in [1.165, 1.54) is 6.07 Å². The van der Waals surface area contributed by atoms with Crippen LogP contribution in [-0.4, -0.2) is 30.1 Å². The van der Waals surface area contributed by atoms with Crippen molar-refractivity contribution in [3.8, 4) is 5.75 Å². The van der Waals surface area contributed by atoms with E-state index < -0.39 is 0 Å². The molecule has 0 saturated carbocycles. The molecule has 0 saturated heterocycles. The van der Waals surface area contributed by atoms with Crippen LogP contribution in [0.25, 0.3) is 10.9 Å². The third-order valence-electron chi connectivity index (χ3n) is 3.77. The third kappa shape index (κ3) is 3.27. The van der Waals surface area contributed by atoms with Gasteiger partial charge in [0.05, 0.1) is 22.5 Å². The zero-order valence-corrected chi connectivity index (χ0v) is 13.3. The standard InChI is InChI=1S/C18H17N3O3/c1-20(12-13-24-14-6-3-2-4-7-14)17-10-9-16(21(22)23)15-8-5-11-19-18(15)17/h2-11H,12-13H2,1H3. The van der Waals surface area contributed by atoms with E-state index >= 15 is 0 Å². The Balaban J connectivity index is 1.79. The molecule has 0 bridgehead atoms. The number of rotatable bonds is 6. The van der Waals surface area contributed by atoms with Gasteiger partial charge in [-0.15, -0.1) is 0 Å². The van der Waals surface area contributed by atoms with Crippen molar-refractivity contribution in [3.05, 3.63) is 70.9 Å². The Kier molecular flexibility index (Phi) is 4.56. The van der Waals surface area contributed by atoms with E-state index in [-0.39, 0.29) is 10.6 Å². The molecule has 0 N–H and O–H groups in total. The summed E-state index contributed by atoms with van der Waals surface area (Å²) in [6.07, 6.45) is 1.64. The molecule has 1 aromatic heterocycles. The van der Waals surface area contributed by atoms with Crippen LogP contribution in [0.3, 0.4) is 0 Å². The second kappa shape index (κ2) is 6.95. The number of aromatic nitrogens is 1. The molecular formula is C18H17N3O3. The number of nitro groups is 1. The predicted molar refractivity (Wildman–Crippen MR) is 93.6 cm³/mol. The van der Waals surface area contributed by atoms with Gasteiger partial charge in [-0.05, 0) is 30.3 Å². The number of non-ortho nitro benzene ring substituents is 1. The summed E-state index contributed by atoms with van der Waals surface area (Å²) >= 11 is 0. The predicted octanol–water partition coefficient (Wildman–Crippen LogP) is 3.66. The Morgan fingerprint density at radius 2 is 1.92 bits per heavy atom. The molecule has 24 heavy (non-hydrogen) atoms. The molecule has 0 atom stereocenters. The number of hydrogen-bond donors (Lipinski definition) is 0. The van der Waals surface area contributed by atoms with Gasteiger partial charge in [0.2, 0.25) is 0 Å². The van der Waals surface area contributed by atoms with Crippen molar-refractivity contribution in [1.82, 2.24) is 4.98 Å². The number of hydrogen-bond acceptors (Lipinski definition) is 5. The highest BCUT2D eigenvalue weighted by Crippen LogP contribution is 2.31. The molecule has 3 rings (SSSR count). The largest absolute Gasteiger partial charge is 0.492 e. The zero-order chi connectivity index (χ0) is 16.9. The lowest BCUT2D eigenvalue weighted by molar-refractivity contribution is -0.383. The number of fused-ring (bicyclic) bond motifs is 1. The maximum absolute atomic E-state index is 11.2. The molecular weight excluding hydrogens is 306 g/mol. The summed E-state index contributed by atoms with van der Waals surface area (Å²) < 4.78 is 5.70. The first-order valence-corrected chi connectivity index (χ1v) is 7.58. The molecule has 0 amide bonds. The Morgan fingerprint density at radius 3 is 2.67 bits per heavy atom. The minimum absolute atomic E-state index is 0.0655. The lowest BCUT2D eigenvalue weighted by Crippen LogP contribution is -2.24. The second-order valence-corrected chi connectivity index (χ2v) is 5.34. The number of para-hydroxylation sites is 1. The highest BCUT2D eigenvalue weighted by Gasteiger charge is 2.16. The van der Waals surface area contributed by atoms with Gasteiger partial charge in [0.15, 0.2) is 0 Å². The quantitative estimate of drug-likeness (QED) is 0.511. The Morgan fingerprint density at radius 1 is 1.12 bits per heavy atom. The molecule has 6 nitrogen and oxygen atoms in total. The molecule has 0 spiro atoms. The Bertz CT molecular complexity index is 853. The van der Waals surface area contributed by atoms with E-state index in [0.29, 0.717) is 24.1 Å². The van der Waals surface area contributed by atoms with E-state index in [9.17, 15) is 10.1 Å². The van der Waals surface area contributed by atoms with Gasteiger partial charge >= 0.3 is 0 Å². The average molecular weight is 323 g/mol. The highest BCUT2D eigenvalue weighted by atomic mass is 16.6. The highest BCUT2D eigenvalue weighted by molar-refractivity contribution is 5.96. The van der Waals surface area contributed by atoms with Crippen molar-refractivity contribution in [2.75, 3.05) is 25.1 Å². The van der Waals surface area contributed by atoms with Crippen LogP contribution in [0.2, 0.25) is 0 Å². The number of anilines is 1. The van der Waals surface area contributed by atoms with E-state index in [2.05, 4.69) is 4.98 Å². The fraction of sp³-hybridized carbons (Fsp3) is 0.167. The van der Waals surface area contributed by atoms with Crippen LogP contribution in [0.5, 0.6) is 5.75 Å². The summed E-state index contributed by atoms with van der Waals surface area (Å²) in [5, 5.41) is 11.7. The van der Waals surface area contributed by atoms with Crippen LogP contribution in [-0.2, 0) is 0 Å². The van der Waals surface area contributed by atoms with Gasteiger partial charge in [-0.25, -0.2) is 0 Å². The molecule has 0 fully saturated rings. The molecule has 0 aliphatic carbocycles. The first-order chi connectivity index (χ1) is 11.7. The fourth-order valence-electron chi connectivity index (χ4n) is 2.55. The molecule has 3 aromatic rings. The maximum atomic E-state index is 11.2. The number of likely N-dealkylation sites (N-methyl/N-ethyl adjacent to an activating group) is 1. The van der Waals surface area contributed by atoms with Crippen LogP contribution in [0, 0.1) is 10.1 Å². The first kappa shape index (κ1) is 15.7. The number of ether oxygens (including phenoxy) is 1. The summed E-state index contributed by atoms with van der Waals surface area (Å²) in [4.78, 5) is 17.1. The lowest BCUT2D eigenvalue weighted by Gasteiger charge is -2.20. The molecule has 0 aliphatic heterocycles. The summed E-state index contributed by atoms with van der Waals surface area (Å²) in [7, 11) is 1.92. The number of nitrogens with zero attached hydrogens (tertiary/aromatic N) is 3. The first-order valence-electron chi connectivity index (χ1n) is 7.58. The van der Waals surface area contributed by atoms with Gasteiger partial charge in [0.25, 0.3) is 5.69 Å². The monoisotopic (exact) mass is 323 g/mol.